The van der Waals surface area contributed by atoms with E-state index in [1.165, 1.54) is 0 Å². The summed E-state index contributed by atoms with van der Waals surface area (Å²) < 4.78 is 17.4. The van der Waals surface area contributed by atoms with E-state index in [0.29, 0.717) is 17.4 Å². The van der Waals surface area contributed by atoms with Crippen LogP contribution < -0.4 is 10.1 Å². The van der Waals surface area contributed by atoms with Crippen LogP contribution in [0.1, 0.15) is 35.5 Å². The zero-order valence-electron chi connectivity index (χ0n) is 16.8. The van der Waals surface area contributed by atoms with Crippen LogP contribution in [0.15, 0.2) is 75.6 Å². The lowest BCUT2D eigenvalue weighted by molar-refractivity contribution is 0.269. The van der Waals surface area contributed by atoms with Gasteiger partial charge >= 0.3 is 0 Å². The molecule has 2 aromatic carbocycles. The molecule has 0 radical (unpaired) electrons. The maximum Gasteiger partial charge on any atom is 0.266 e. The molecular weight excluding hydrogens is 378 g/mol. The van der Waals surface area contributed by atoms with Gasteiger partial charge in [0, 0.05) is 0 Å². The molecule has 0 amide bonds. The number of aryl methyl sites for hydroxylation is 1. The second-order valence-electron chi connectivity index (χ2n) is 6.91. The Labute approximate surface area is 174 Å². The van der Waals surface area contributed by atoms with E-state index < -0.39 is 0 Å². The average molecular weight is 399 g/mol. The summed E-state index contributed by atoms with van der Waals surface area (Å²) in [6.07, 6.45) is 0. The molecule has 0 fully saturated rings. The molecule has 4 aromatic rings. The predicted molar refractivity (Wildman–Crippen MR) is 113 cm³/mol. The smallest absolute Gasteiger partial charge is 0.266 e. The first-order chi connectivity index (χ1) is 14.6. The van der Waals surface area contributed by atoms with Crippen LogP contribution in [-0.4, -0.2) is 4.98 Å². The molecule has 0 bridgehead atoms. The molecule has 150 valence electrons. The number of nitrogens with zero attached hydrogens (tertiary/aromatic N) is 2. The summed E-state index contributed by atoms with van der Waals surface area (Å²) in [5.41, 5.74) is 2.31. The quantitative estimate of drug-likeness (QED) is 0.418. The van der Waals surface area contributed by atoms with E-state index in [1.807, 2.05) is 74.5 Å². The minimum atomic E-state index is -0.0474. The van der Waals surface area contributed by atoms with Crippen molar-refractivity contribution in [2.75, 3.05) is 5.32 Å². The van der Waals surface area contributed by atoms with E-state index in [9.17, 15) is 5.26 Å². The van der Waals surface area contributed by atoms with Crippen LogP contribution in [0, 0.1) is 18.3 Å². The summed E-state index contributed by atoms with van der Waals surface area (Å²) in [5.74, 6) is 2.45. The second kappa shape index (κ2) is 8.58. The highest BCUT2D eigenvalue weighted by molar-refractivity contribution is 5.55. The fourth-order valence-electron chi connectivity index (χ4n) is 3.06. The van der Waals surface area contributed by atoms with Gasteiger partial charge in [-0.15, -0.1) is 0 Å². The van der Waals surface area contributed by atoms with Crippen molar-refractivity contribution in [1.29, 1.82) is 5.26 Å². The number of hydrogen-bond acceptors (Lipinski definition) is 6. The van der Waals surface area contributed by atoms with Gasteiger partial charge in [-0.05, 0) is 43.2 Å². The zero-order chi connectivity index (χ0) is 20.9. The molecule has 0 unspecified atom stereocenters. The van der Waals surface area contributed by atoms with E-state index in [2.05, 4.69) is 16.4 Å². The van der Waals surface area contributed by atoms with Crippen LogP contribution in [0.3, 0.4) is 0 Å². The number of furan rings is 1. The van der Waals surface area contributed by atoms with Crippen molar-refractivity contribution in [2.45, 2.75) is 26.5 Å². The third-order valence-corrected chi connectivity index (χ3v) is 4.72. The lowest BCUT2D eigenvalue weighted by Gasteiger charge is -2.12. The fraction of sp³-hybridized carbons (Fsp3) is 0.167. The Bertz CT molecular complexity index is 1170. The van der Waals surface area contributed by atoms with Gasteiger partial charge in [-0.1, -0.05) is 48.5 Å². The van der Waals surface area contributed by atoms with E-state index in [-0.39, 0.29) is 24.2 Å². The highest BCUT2D eigenvalue weighted by atomic mass is 16.5. The maximum atomic E-state index is 9.44. The van der Waals surface area contributed by atoms with E-state index in [4.69, 9.17) is 13.6 Å². The van der Waals surface area contributed by atoms with Crippen LogP contribution in [-0.2, 0) is 6.61 Å². The van der Waals surface area contributed by atoms with Crippen LogP contribution in [0.5, 0.6) is 5.75 Å². The van der Waals surface area contributed by atoms with E-state index >= 15 is 0 Å². The summed E-state index contributed by atoms with van der Waals surface area (Å²) in [5, 5.41) is 12.7. The molecule has 30 heavy (non-hydrogen) atoms. The fourth-order valence-corrected chi connectivity index (χ4v) is 3.06. The summed E-state index contributed by atoms with van der Waals surface area (Å²) >= 11 is 0. The Morgan fingerprint density at radius 1 is 1.03 bits per heavy atom. The average Bonchev–Trinajstić information content (AvgIpc) is 3.40. The molecule has 0 saturated heterocycles. The van der Waals surface area contributed by atoms with E-state index in [1.54, 1.807) is 6.07 Å². The Balaban J connectivity index is 1.48. The molecule has 1 atom stereocenters. The number of anilines is 1. The van der Waals surface area contributed by atoms with Gasteiger partial charge in [0.2, 0.25) is 11.6 Å². The third kappa shape index (κ3) is 4.20. The number of hydrogen-bond donors (Lipinski definition) is 1. The number of rotatable bonds is 7. The molecule has 0 aliphatic rings. The number of nitriles is 1. The predicted octanol–water partition coefficient (Wildman–Crippen LogP) is 5.87. The lowest BCUT2D eigenvalue weighted by Crippen LogP contribution is -2.06. The molecular formula is C24H21N3O3. The first-order valence-electron chi connectivity index (χ1n) is 9.64. The van der Waals surface area contributed by atoms with Gasteiger partial charge in [0.25, 0.3) is 5.89 Å². The standard InChI is InChI=1S/C24H21N3O3/c1-16-8-6-7-11-21(16)28-15-19-12-13-22(29-19)24-27-20(14-25)23(30-24)26-17(2)18-9-4-3-5-10-18/h3-13,17,26H,15H2,1-2H3/t17-/m1/s1. The van der Waals surface area contributed by atoms with Crippen LogP contribution in [0.4, 0.5) is 5.88 Å². The Morgan fingerprint density at radius 3 is 2.57 bits per heavy atom. The summed E-state index contributed by atoms with van der Waals surface area (Å²) in [7, 11) is 0. The molecule has 2 aromatic heterocycles. The van der Waals surface area contributed by atoms with Gasteiger partial charge in [-0.2, -0.15) is 10.2 Å². The number of ether oxygens (including phenoxy) is 1. The highest BCUT2D eigenvalue weighted by Gasteiger charge is 2.19. The summed E-state index contributed by atoms with van der Waals surface area (Å²) in [6.45, 7) is 4.27. The van der Waals surface area contributed by atoms with Crippen molar-refractivity contribution in [3.05, 3.63) is 89.3 Å². The minimum Gasteiger partial charge on any atom is -0.485 e. The normalized spacial score (nSPS) is 11.6. The first-order valence-corrected chi connectivity index (χ1v) is 9.64. The molecule has 0 saturated carbocycles. The zero-order valence-corrected chi connectivity index (χ0v) is 16.8. The van der Waals surface area contributed by atoms with Crippen molar-refractivity contribution in [2.24, 2.45) is 0 Å². The van der Waals surface area contributed by atoms with Crippen LogP contribution in [0.25, 0.3) is 11.7 Å². The summed E-state index contributed by atoms with van der Waals surface area (Å²) in [6, 6.07) is 23.3. The second-order valence-corrected chi connectivity index (χ2v) is 6.91. The maximum absolute atomic E-state index is 9.44. The van der Waals surface area contributed by atoms with Gasteiger partial charge in [0.05, 0.1) is 6.04 Å². The molecule has 6 nitrogen and oxygen atoms in total. The van der Waals surface area contributed by atoms with Crippen molar-refractivity contribution in [3.8, 4) is 23.5 Å². The van der Waals surface area contributed by atoms with Crippen molar-refractivity contribution in [3.63, 3.8) is 0 Å². The first kappa shape index (κ1) is 19.3. The number of aromatic nitrogens is 1. The Morgan fingerprint density at radius 2 is 1.80 bits per heavy atom. The Kier molecular flexibility index (Phi) is 5.53. The lowest BCUT2D eigenvalue weighted by atomic mass is 10.1. The third-order valence-electron chi connectivity index (χ3n) is 4.72. The van der Waals surface area contributed by atoms with Crippen molar-refractivity contribution >= 4 is 5.88 Å². The topological polar surface area (TPSA) is 84.2 Å². The minimum absolute atomic E-state index is 0.0474. The van der Waals surface area contributed by atoms with Gasteiger partial charge in [0.1, 0.15) is 24.2 Å². The number of nitrogens with one attached hydrogen (secondary N) is 1. The molecule has 2 heterocycles. The SMILES string of the molecule is Cc1ccccc1OCc1ccc(-c2nc(C#N)c(N[C@H](C)c3ccccc3)o2)o1. The largest absolute Gasteiger partial charge is 0.485 e. The molecule has 0 spiro atoms. The molecule has 0 aliphatic heterocycles. The molecule has 1 N–H and O–H groups in total. The Hall–Kier alpha value is -3.98. The number of oxazole rings is 1. The van der Waals surface area contributed by atoms with Crippen molar-refractivity contribution in [1.82, 2.24) is 4.98 Å². The number of para-hydroxylation sites is 1. The summed E-state index contributed by atoms with van der Waals surface area (Å²) in [4.78, 5) is 4.27. The monoisotopic (exact) mass is 399 g/mol. The number of benzene rings is 2. The molecule has 0 aliphatic carbocycles. The van der Waals surface area contributed by atoms with Gasteiger partial charge in [-0.25, -0.2) is 0 Å². The van der Waals surface area contributed by atoms with Crippen molar-refractivity contribution < 1.29 is 13.6 Å². The van der Waals surface area contributed by atoms with Crippen LogP contribution >= 0.6 is 0 Å². The van der Waals surface area contributed by atoms with E-state index in [0.717, 1.165) is 16.9 Å². The van der Waals surface area contributed by atoms with Crippen LogP contribution in [0.2, 0.25) is 0 Å². The molecule has 6 heteroatoms. The molecule has 4 rings (SSSR count). The van der Waals surface area contributed by atoms with Gasteiger partial charge in [0.15, 0.2) is 5.76 Å². The highest BCUT2D eigenvalue weighted by Crippen LogP contribution is 2.30. The van der Waals surface area contributed by atoms with Gasteiger partial charge < -0.3 is 18.9 Å². The van der Waals surface area contributed by atoms with Gasteiger partial charge in [-0.3, -0.25) is 0 Å².